The zero-order valence-electron chi connectivity index (χ0n) is 12.5. The molecule has 1 fully saturated rings. The largest absolute Gasteiger partial charge is 0.392 e. The lowest BCUT2D eigenvalue weighted by molar-refractivity contribution is 0.275. The second-order valence-electron chi connectivity index (χ2n) is 5.68. The van der Waals surface area contributed by atoms with Crippen molar-refractivity contribution in [3.63, 3.8) is 0 Å². The summed E-state index contributed by atoms with van der Waals surface area (Å²) in [5.41, 5.74) is 0.266. The van der Waals surface area contributed by atoms with E-state index < -0.39 is 22.4 Å². The van der Waals surface area contributed by atoms with E-state index in [-0.39, 0.29) is 16.0 Å². The van der Waals surface area contributed by atoms with Crippen molar-refractivity contribution in [1.29, 1.82) is 0 Å². The molecule has 118 valence electrons. The smallest absolute Gasteiger partial charge is 0.243 e. The van der Waals surface area contributed by atoms with Crippen molar-refractivity contribution in [3.8, 4) is 0 Å². The number of rotatable bonds is 5. The average molecular weight is 315 g/mol. The highest BCUT2D eigenvalue weighted by atomic mass is 32.2. The molecule has 1 aliphatic heterocycles. The summed E-state index contributed by atoms with van der Waals surface area (Å²) >= 11 is 0. The van der Waals surface area contributed by atoms with Crippen LogP contribution in [0.15, 0.2) is 17.0 Å². The van der Waals surface area contributed by atoms with Gasteiger partial charge in [0.15, 0.2) is 0 Å². The van der Waals surface area contributed by atoms with Crippen molar-refractivity contribution in [2.45, 2.75) is 44.6 Å². The van der Waals surface area contributed by atoms with Crippen LogP contribution in [0.5, 0.6) is 0 Å². The van der Waals surface area contributed by atoms with Crippen LogP contribution in [0.25, 0.3) is 0 Å². The third-order valence-corrected chi connectivity index (χ3v) is 5.90. The molecule has 1 aromatic carbocycles. The summed E-state index contributed by atoms with van der Waals surface area (Å²) < 4.78 is 40.5. The van der Waals surface area contributed by atoms with Crippen LogP contribution in [0.2, 0.25) is 0 Å². The van der Waals surface area contributed by atoms with Crippen molar-refractivity contribution in [3.05, 3.63) is 29.1 Å². The molecule has 1 heterocycles. The van der Waals surface area contributed by atoms with Gasteiger partial charge in [0.2, 0.25) is 10.0 Å². The van der Waals surface area contributed by atoms with Gasteiger partial charge < -0.3 is 5.11 Å². The van der Waals surface area contributed by atoms with E-state index in [1.807, 2.05) is 0 Å². The van der Waals surface area contributed by atoms with Crippen LogP contribution in [0.1, 0.15) is 37.3 Å². The highest BCUT2D eigenvalue weighted by Crippen LogP contribution is 2.28. The van der Waals surface area contributed by atoms with Gasteiger partial charge in [0, 0.05) is 18.7 Å². The summed E-state index contributed by atoms with van der Waals surface area (Å²) in [6.07, 6.45) is 2.94. The lowest BCUT2D eigenvalue weighted by Crippen LogP contribution is -2.29. The molecule has 1 N–H and O–H groups in total. The first-order valence-electron chi connectivity index (χ1n) is 7.30. The minimum Gasteiger partial charge on any atom is -0.392 e. The number of benzene rings is 1. The molecule has 1 saturated heterocycles. The maximum Gasteiger partial charge on any atom is 0.243 e. The maximum atomic E-state index is 13.7. The van der Waals surface area contributed by atoms with Gasteiger partial charge in [-0.1, -0.05) is 13.3 Å². The quantitative estimate of drug-likeness (QED) is 0.908. The topological polar surface area (TPSA) is 57.6 Å². The lowest BCUT2D eigenvalue weighted by atomic mass is 10.0. The third kappa shape index (κ3) is 3.27. The summed E-state index contributed by atoms with van der Waals surface area (Å²) in [4.78, 5) is 0.0719. The monoisotopic (exact) mass is 315 g/mol. The summed E-state index contributed by atoms with van der Waals surface area (Å²) in [6, 6.07) is 2.59. The number of aryl methyl sites for hydroxylation is 1. The van der Waals surface area contributed by atoms with Gasteiger partial charge in [0.25, 0.3) is 0 Å². The Hall–Kier alpha value is -0.980. The van der Waals surface area contributed by atoms with E-state index >= 15 is 0 Å². The molecule has 0 aliphatic carbocycles. The molecule has 1 aliphatic rings. The van der Waals surface area contributed by atoms with Gasteiger partial charge in [0.1, 0.15) is 5.82 Å². The van der Waals surface area contributed by atoms with E-state index in [2.05, 4.69) is 6.92 Å². The second kappa shape index (κ2) is 6.42. The molecule has 4 nitrogen and oxygen atoms in total. The second-order valence-corrected chi connectivity index (χ2v) is 7.62. The Morgan fingerprint density at radius 2 is 2.14 bits per heavy atom. The predicted molar refractivity (Wildman–Crippen MR) is 78.8 cm³/mol. The van der Waals surface area contributed by atoms with Crippen molar-refractivity contribution >= 4 is 10.0 Å². The maximum absolute atomic E-state index is 13.7. The number of hydrogen-bond acceptors (Lipinski definition) is 3. The summed E-state index contributed by atoms with van der Waals surface area (Å²) in [5, 5.41) is 9.16. The molecular weight excluding hydrogens is 293 g/mol. The lowest BCUT2D eigenvalue weighted by Gasteiger charge is -2.18. The summed E-state index contributed by atoms with van der Waals surface area (Å²) in [5.74, 6) is -0.134. The molecule has 0 radical (unpaired) electrons. The Morgan fingerprint density at radius 1 is 1.43 bits per heavy atom. The zero-order valence-corrected chi connectivity index (χ0v) is 13.3. The SMILES string of the molecule is CCCC1CCN(S(=O)(=O)c2cc(C)c(F)c(CO)c2)C1. The van der Waals surface area contributed by atoms with Crippen molar-refractivity contribution < 1.29 is 17.9 Å². The van der Waals surface area contributed by atoms with Gasteiger partial charge >= 0.3 is 0 Å². The molecule has 2 rings (SSSR count). The Labute approximate surface area is 125 Å². The first-order chi connectivity index (χ1) is 9.90. The van der Waals surface area contributed by atoms with Gasteiger partial charge in [-0.15, -0.1) is 0 Å². The summed E-state index contributed by atoms with van der Waals surface area (Å²) in [6.45, 7) is 4.14. The molecular formula is C15H22FNO3S. The highest BCUT2D eigenvalue weighted by molar-refractivity contribution is 7.89. The van der Waals surface area contributed by atoms with E-state index in [4.69, 9.17) is 5.11 Å². The fourth-order valence-corrected chi connectivity index (χ4v) is 4.55. The fourth-order valence-electron chi connectivity index (χ4n) is 2.88. The standard InChI is InChI=1S/C15H22FNO3S/c1-3-4-12-5-6-17(9-12)21(19,20)14-7-11(2)15(16)13(8-14)10-18/h7-8,12,18H,3-6,9-10H2,1-2H3. The fraction of sp³-hybridized carbons (Fsp3) is 0.600. The van der Waals surface area contributed by atoms with E-state index in [9.17, 15) is 12.8 Å². The number of sulfonamides is 1. The molecule has 1 unspecified atom stereocenters. The molecule has 6 heteroatoms. The van der Waals surface area contributed by atoms with Crippen LogP contribution in [0.3, 0.4) is 0 Å². The van der Waals surface area contributed by atoms with E-state index in [1.165, 1.54) is 23.4 Å². The number of aliphatic hydroxyl groups excluding tert-OH is 1. The van der Waals surface area contributed by atoms with Crippen LogP contribution in [-0.4, -0.2) is 30.9 Å². The normalized spacial score (nSPS) is 20.1. The Bertz CT molecular complexity index is 616. The number of aliphatic hydroxyl groups is 1. The molecule has 21 heavy (non-hydrogen) atoms. The van der Waals surface area contributed by atoms with Gasteiger partial charge in [0.05, 0.1) is 11.5 Å². The molecule has 0 bridgehead atoms. The average Bonchev–Trinajstić information content (AvgIpc) is 2.91. The van der Waals surface area contributed by atoms with Crippen LogP contribution in [0, 0.1) is 18.7 Å². The van der Waals surface area contributed by atoms with Crippen LogP contribution < -0.4 is 0 Å². The first kappa shape index (κ1) is 16.4. The summed E-state index contributed by atoms with van der Waals surface area (Å²) in [7, 11) is -3.61. The van der Waals surface area contributed by atoms with Gasteiger partial charge in [-0.25, -0.2) is 12.8 Å². The van der Waals surface area contributed by atoms with Crippen molar-refractivity contribution in [2.24, 2.45) is 5.92 Å². The molecule has 1 aromatic rings. The molecule has 0 aromatic heterocycles. The van der Waals surface area contributed by atoms with Crippen molar-refractivity contribution in [1.82, 2.24) is 4.31 Å². The van der Waals surface area contributed by atoms with Crippen LogP contribution >= 0.6 is 0 Å². The Morgan fingerprint density at radius 3 is 2.76 bits per heavy atom. The third-order valence-electron chi connectivity index (χ3n) is 4.06. The molecule has 0 spiro atoms. The number of halogens is 1. The Kier molecular flexibility index (Phi) is 5.01. The molecule has 0 saturated carbocycles. The van der Waals surface area contributed by atoms with Crippen LogP contribution in [0.4, 0.5) is 4.39 Å². The highest BCUT2D eigenvalue weighted by Gasteiger charge is 2.32. The van der Waals surface area contributed by atoms with E-state index in [0.717, 1.165) is 19.3 Å². The zero-order chi connectivity index (χ0) is 15.6. The predicted octanol–water partition coefficient (Wildman–Crippen LogP) is 2.44. The van der Waals surface area contributed by atoms with Crippen LogP contribution in [-0.2, 0) is 16.6 Å². The van der Waals surface area contributed by atoms with E-state index in [0.29, 0.717) is 19.0 Å². The minimum atomic E-state index is -3.61. The minimum absolute atomic E-state index is 0.0258. The number of hydrogen-bond donors (Lipinski definition) is 1. The first-order valence-corrected chi connectivity index (χ1v) is 8.74. The van der Waals surface area contributed by atoms with Gasteiger partial charge in [-0.3, -0.25) is 0 Å². The Balaban J connectivity index is 2.30. The number of nitrogens with zero attached hydrogens (tertiary/aromatic N) is 1. The van der Waals surface area contributed by atoms with E-state index in [1.54, 1.807) is 0 Å². The van der Waals surface area contributed by atoms with Gasteiger partial charge in [-0.2, -0.15) is 4.31 Å². The van der Waals surface area contributed by atoms with Gasteiger partial charge in [-0.05, 0) is 43.4 Å². The van der Waals surface area contributed by atoms with Crippen molar-refractivity contribution in [2.75, 3.05) is 13.1 Å². The molecule has 0 amide bonds. The molecule has 1 atom stereocenters.